The number of rotatable bonds is 8. The van der Waals surface area contributed by atoms with Gasteiger partial charge in [-0.2, -0.15) is 0 Å². The van der Waals surface area contributed by atoms with E-state index in [1.54, 1.807) is 65.0 Å². The lowest BCUT2D eigenvalue weighted by atomic mass is 9.84. The predicted octanol–water partition coefficient (Wildman–Crippen LogP) is 2.28. The third-order valence-electron chi connectivity index (χ3n) is 9.95. The number of cyclic esters (lactones) is 1. The van der Waals surface area contributed by atoms with Crippen molar-refractivity contribution >= 4 is 35.8 Å². The summed E-state index contributed by atoms with van der Waals surface area (Å²) in [6.07, 6.45) is 5.56. The number of carbonyl (C=O) groups excluding carboxylic acids is 6. The van der Waals surface area contributed by atoms with Gasteiger partial charge in [0, 0.05) is 31.7 Å². The van der Waals surface area contributed by atoms with Crippen molar-refractivity contribution in [3.05, 3.63) is 65.3 Å². The third-order valence-corrected chi connectivity index (χ3v) is 9.95. The largest absolute Gasteiger partial charge is 0.508 e. The van der Waals surface area contributed by atoms with E-state index in [2.05, 4.69) is 16.1 Å². The smallest absolute Gasteiger partial charge is 0.325 e. The fourth-order valence-corrected chi connectivity index (χ4v) is 6.36. The predicted molar refractivity (Wildman–Crippen MR) is 200 cm³/mol. The molecular formula is C40H56N4O10. The van der Waals surface area contributed by atoms with Crippen molar-refractivity contribution in [2.45, 2.75) is 117 Å². The molecule has 8 atom stereocenters. The molecule has 2 bridgehead atoms. The van der Waals surface area contributed by atoms with E-state index in [1.807, 2.05) is 0 Å². The molecule has 6 N–H and O–H groups in total. The minimum absolute atomic E-state index is 0.00392. The topological polar surface area (TPSA) is 212 Å². The van der Waals surface area contributed by atoms with Gasteiger partial charge in [0.1, 0.15) is 42.0 Å². The van der Waals surface area contributed by atoms with Crippen LogP contribution < -0.4 is 16.1 Å². The first-order valence-corrected chi connectivity index (χ1v) is 18.5. The monoisotopic (exact) mass is 752 g/mol. The van der Waals surface area contributed by atoms with Crippen LogP contribution in [0.15, 0.2) is 54.2 Å². The second-order valence-electron chi connectivity index (χ2n) is 14.6. The summed E-state index contributed by atoms with van der Waals surface area (Å²) in [6, 6.07) is 1.59. The maximum Gasteiger partial charge on any atom is 0.325 e. The Kier molecular flexibility index (Phi) is 16.8. The number of nitrogens with one attached hydrogen (secondary N) is 3. The average molecular weight is 753 g/mol. The number of carbonyl (C=O) groups is 6. The molecule has 2 heterocycles. The van der Waals surface area contributed by atoms with E-state index in [0.29, 0.717) is 35.8 Å². The minimum Gasteiger partial charge on any atom is -0.508 e. The van der Waals surface area contributed by atoms with E-state index < -0.39 is 77.9 Å². The molecule has 0 aliphatic carbocycles. The molecule has 1 aromatic carbocycles. The molecule has 0 aromatic heterocycles. The van der Waals surface area contributed by atoms with Crippen molar-refractivity contribution in [1.29, 1.82) is 0 Å². The summed E-state index contributed by atoms with van der Waals surface area (Å²) in [5, 5.41) is 39.5. The molecule has 54 heavy (non-hydrogen) atoms. The van der Waals surface area contributed by atoms with Gasteiger partial charge in [-0.25, -0.2) is 5.43 Å². The summed E-state index contributed by atoms with van der Waals surface area (Å²) in [4.78, 5) is 78.8. The minimum atomic E-state index is -1.41. The molecular weight excluding hydrogens is 696 g/mol. The van der Waals surface area contributed by atoms with E-state index in [1.165, 1.54) is 30.2 Å². The van der Waals surface area contributed by atoms with Crippen LogP contribution in [0.4, 0.5) is 0 Å². The van der Waals surface area contributed by atoms with Crippen LogP contribution in [0.2, 0.25) is 0 Å². The van der Waals surface area contributed by atoms with E-state index in [9.17, 15) is 44.1 Å². The van der Waals surface area contributed by atoms with Crippen molar-refractivity contribution in [1.82, 2.24) is 21.1 Å². The van der Waals surface area contributed by atoms with E-state index in [4.69, 9.17) is 4.74 Å². The molecule has 14 heteroatoms. The maximum absolute atomic E-state index is 14.2. The fourth-order valence-electron chi connectivity index (χ4n) is 6.36. The number of nitrogens with zero attached hydrogens (tertiary/aromatic N) is 1. The van der Waals surface area contributed by atoms with Gasteiger partial charge in [0.2, 0.25) is 11.8 Å². The highest BCUT2D eigenvalue weighted by Crippen LogP contribution is 2.24. The molecule has 14 nitrogen and oxygen atoms in total. The fraction of sp³-hybridized carbons (Fsp3) is 0.550. The molecule has 2 aliphatic heterocycles. The lowest BCUT2D eigenvalue weighted by molar-refractivity contribution is -0.156. The van der Waals surface area contributed by atoms with Crippen LogP contribution in [-0.2, 0) is 39.9 Å². The number of aryl methyl sites for hydroxylation is 1. The van der Waals surface area contributed by atoms with Gasteiger partial charge in [-0.15, -0.1) is 0 Å². The Hall–Kier alpha value is -4.66. The molecule has 0 spiro atoms. The molecule has 3 amide bonds. The molecule has 296 valence electrons. The van der Waals surface area contributed by atoms with Gasteiger partial charge >= 0.3 is 5.97 Å². The highest BCUT2D eigenvalue weighted by atomic mass is 16.5. The van der Waals surface area contributed by atoms with Gasteiger partial charge < -0.3 is 35.5 Å². The number of allylic oxidation sites excluding steroid dienone is 3. The summed E-state index contributed by atoms with van der Waals surface area (Å²) in [5.74, 6) is -5.33. The van der Waals surface area contributed by atoms with Crippen LogP contribution >= 0.6 is 0 Å². The second kappa shape index (κ2) is 20.7. The Bertz CT molecular complexity index is 1600. The molecule has 3 rings (SSSR count). The number of esters is 1. The lowest BCUT2D eigenvalue weighted by Crippen LogP contribution is -2.62. The quantitative estimate of drug-likeness (QED) is 0.129. The Morgan fingerprint density at radius 2 is 1.80 bits per heavy atom. The molecule has 1 fully saturated rings. The highest BCUT2D eigenvalue weighted by molar-refractivity contribution is 5.93. The van der Waals surface area contributed by atoms with Crippen LogP contribution in [0.25, 0.3) is 0 Å². The number of hydrogen-bond donors (Lipinski definition) is 6. The number of aldehydes is 1. The Morgan fingerprint density at radius 1 is 1.07 bits per heavy atom. The molecule has 0 radical (unpaired) electrons. The summed E-state index contributed by atoms with van der Waals surface area (Å²) in [6.45, 7) is 9.91. The highest BCUT2D eigenvalue weighted by Gasteiger charge is 2.38. The zero-order valence-electron chi connectivity index (χ0n) is 32.0. The number of fused-ring (bicyclic) bond motifs is 2. The molecule has 2 aliphatic rings. The second-order valence-corrected chi connectivity index (χ2v) is 14.6. The van der Waals surface area contributed by atoms with E-state index in [0.717, 1.165) is 0 Å². The van der Waals surface area contributed by atoms with Crippen molar-refractivity contribution in [3.8, 4) is 5.75 Å². The van der Waals surface area contributed by atoms with Gasteiger partial charge in [-0.3, -0.25) is 29.0 Å². The first kappa shape index (κ1) is 43.7. The molecule has 1 saturated heterocycles. The van der Waals surface area contributed by atoms with Crippen LogP contribution in [0.5, 0.6) is 5.75 Å². The number of Topliss-reactive ketones (excluding diaryl/α,β-unsaturated/α-hetero) is 1. The number of phenols is 1. The number of aliphatic hydroxyl groups is 2. The zero-order valence-corrected chi connectivity index (χ0v) is 32.0. The SMILES string of the molecule is CC(=O)CC[C@H]1C(=O)N[C@@H](C(C)C)C(=O)N[C@@H](Cc2ccc(C)c(O)c2)C(=O)N2CCCC(N2)C(=O)O[C@H](/C(C)=C/C=O)C/C=C/C=C/[C@H](O)[C@H](C)[C@H]1O. The summed E-state index contributed by atoms with van der Waals surface area (Å²) in [5.41, 5.74) is 4.60. The van der Waals surface area contributed by atoms with Crippen molar-refractivity contribution in [3.63, 3.8) is 0 Å². The molecule has 0 saturated carbocycles. The number of aliphatic hydroxyl groups excluding tert-OH is 2. The van der Waals surface area contributed by atoms with Crippen LogP contribution in [0.3, 0.4) is 0 Å². The first-order chi connectivity index (χ1) is 25.5. The summed E-state index contributed by atoms with van der Waals surface area (Å²) >= 11 is 0. The standard InChI is InChI=1S/C40H56N4O10/c1-23(2)35-38(51)41-31(21-28-16-14-24(3)33(48)22-28)39(52)44-19-10-11-30(43-44)40(53)54-34(25(4)18-20-45)13-9-7-8-12-32(47)27(6)36(49)29(37(50)42-35)17-15-26(5)46/h7-9,12,14,16,18,20,22-23,27,29-32,34-36,43,47-49H,10-11,13,15,17,19,21H2,1-6H3,(H,41,51)(H,42,50)/b9-7+,12-8+,25-18+/t27-,29+,30?,31-,32-,34-,35-,36+/m0/s1. The van der Waals surface area contributed by atoms with Crippen LogP contribution in [0.1, 0.15) is 77.8 Å². The van der Waals surface area contributed by atoms with Crippen molar-refractivity contribution in [2.24, 2.45) is 17.8 Å². The van der Waals surface area contributed by atoms with Crippen LogP contribution in [-0.4, -0.2) is 99.1 Å². The number of hydrazine groups is 1. The number of benzene rings is 1. The Labute approximate surface area is 317 Å². The molecule has 1 unspecified atom stereocenters. The lowest BCUT2D eigenvalue weighted by Gasteiger charge is -2.36. The van der Waals surface area contributed by atoms with Gasteiger partial charge in [-0.1, -0.05) is 57.2 Å². The normalized spacial score (nSPS) is 29.6. The van der Waals surface area contributed by atoms with Crippen LogP contribution in [0, 0.1) is 24.7 Å². The Morgan fingerprint density at radius 3 is 2.44 bits per heavy atom. The average Bonchev–Trinajstić information content (AvgIpc) is 3.12. The third kappa shape index (κ3) is 12.5. The van der Waals surface area contributed by atoms with Crippen molar-refractivity contribution < 1.29 is 48.8 Å². The van der Waals surface area contributed by atoms with E-state index in [-0.39, 0.29) is 43.8 Å². The maximum atomic E-state index is 14.2. The van der Waals surface area contributed by atoms with Crippen molar-refractivity contribution in [2.75, 3.05) is 6.54 Å². The summed E-state index contributed by atoms with van der Waals surface area (Å²) < 4.78 is 5.83. The number of aromatic hydroxyl groups is 1. The van der Waals surface area contributed by atoms with Gasteiger partial charge in [0.25, 0.3) is 5.91 Å². The summed E-state index contributed by atoms with van der Waals surface area (Å²) in [7, 11) is 0. The van der Waals surface area contributed by atoms with Gasteiger partial charge in [0.05, 0.1) is 18.1 Å². The zero-order chi connectivity index (χ0) is 40.1. The Balaban J connectivity index is 2.08. The number of ether oxygens (including phenoxy) is 1. The number of phenolic OH excluding ortho intramolecular Hbond substituents is 1. The van der Waals surface area contributed by atoms with Gasteiger partial charge in [-0.05, 0) is 74.8 Å². The van der Waals surface area contributed by atoms with Gasteiger partial charge in [0.15, 0.2) is 0 Å². The number of hydrogen-bond acceptors (Lipinski definition) is 11. The molecule has 1 aromatic rings. The first-order valence-electron chi connectivity index (χ1n) is 18.5. The number of amides is 3. The van der Waals surface area contributed by atoms with E-state index >= 15 is 0 Å². The number of ketones is 1.